The molecule has 1 saturated heterocycles. The Balaban J connectivity index is 1.62. The second-order valence-electron chi connectivity index (χ2n) is 6.23. The summed E-state index contributed by atoms with van der Waals surface area (Å²) in [4.78, 5) is 22.1. The average Bonchev–Trinajstić information content (AvgIpc) is 2.98. The highest BCUT2D eigenvalue weighted by molar-refractivity contribution is 7.88. The van der Waals surface area contributed by atoms with Crippen molar-refractivity contribution in [2.75, 3.05) is 25.9 Å². The number of carbonyl (C=O) groups excluding carboxylic acids is 1. The molecule has 2 heterocycles. The van der Waals surface area contributed by atoms with Crippen LogP contribution in [0.4, 0.5) is 0 Å². The van der Waals surface area contributed by atoms with Crippen LogP contribution in [0.2, 0.25) is 0 Å². The SMILES string of the molecule is CS(=O)(=O)NCCC(=O)N1CCC[C@@H](c2nc3ccccc3[nH]2)C1. The van der Waals surface area contributed by atoms with Gasteiger partial charge >= 0.3 is 0 Å². The topological polar surface area (TPSA) is 95.2 Å². The third kappa shape index (κ3) is 4.12. The third-order valence-corrected chi connectivity index (χ3v) is 5.00. The lowest BCUT2D eigenvalue weighted by molar-refractivity contribution is -0.132. The molecule has 0 spiro atoms. The molecule has 3 rings (SSSR count). The van der Waals surface area contributed by atoms with Crippen LogP contribution in [0.1, 0.15) is 31.0 Å². The van der Waals surface area contributed by atoms with Gasteiger partial charge in [0.2, 0.25) is 15.9 Å². The Labute approximate surface area is 141 Å². The summed E-state index contributed by atoms with van der Waals surface area (Å²) in [5.74, 6) is 1.09. The standard InChI is InChI=1S/C16H22N4O3S/c1-24(22,23)17-9-8-15(21)20-10-4-5-12(11-20)16-18-13-6-2-3-7-14(13)19-16/h2-3,6-7,12,17H,4-5,8-11H2,1H3,(H,18,19)/t12-/m1/s1. The van der Waals surface area contributed by atoms with Crippen molar-refractivity contribution < 1.29 is 13.2 Å². The minimum absolute atomic E-state index is 0.0213. The number of likely N-dealkylation sites (tertiary alicyclic amines) is 1. The highest BCUT2D eigenvalue weighted by Gasteiger charge is 2.26. The molecule has 1 aromatic heterocycles. The van der Waals surface area contributed by atoms with E-state index >= 15 is 0 Å². The van der Waals surface area contributed by atoms with Gasteiger partial charge in [-0.1, -0.05) is 12.1 Å². The van der Waals surface area contributed by atoms with E-state index in [2.05, 4.69) is 14.7 Å². The largest absolute Gasteiger partial charge is 0.342 e. The van der Waals surface area contributed by atoms with Gasteiger partial charge in [-0.3, -0.25) is 4.79 Å². The minimum Gasteiger partial charge on any atom is -0.342 e. The Morgan fingerprint density at radius 3 is 2.96 bits per heavy atom. The van der Waals surface area contributed by atoms with E-state index in [0.29, 0.717) is 13.1 Å². The zero-order valence-electron chi connectivity index (χ0n) is 13.7. The minimum atomic E-state index is -3.25. The Bertz CT molecular complexity index is 798. The van der Waals surface area contributed by atoms with E-state index in [9.17, 15) is 13.2 Å². The number of H-pyrrole nitrogens is 1. The molecule has 1 amide bonds. The van der Waals surface area contributed by atoms with Crippen molar-refractivity contribution in [1.29, 1.82) is 0 Å². The molecular weight excluding hydrogens is 328 g/mol. The number of hydrogen-bond donors (Lipinski definition) is 2. The molecule has 0 bridgehead atoms. The van der Waals surface area contributed by atoms with Gasteiger partial charge in [0.25, 0.3) is 0 Å². The van der Waals surface area contributed by atoms with Crippen LogP contribution in [0.3, 0.4) is 0 Å². The number of piperidine rings is 1. The van der Waals surface area contributed by atoms with E-state index in [-0.39, 0.29) is 24.8 Å². The zero-order chi connectivity index (χ0) is 17.2. The van der Waals surface area contributed by atoms with Crippen molar-refractivity contribution in [3.63, 3.8) is 0 Å². The summed E-state index contributed by atoms with van der Waals surface area (Å²) in [5, 5.41) is 0. The zero-order valence-corrected chi connectivity index (χ0v) is 14.5. The Morgan fingerprint density at radius 2 is 2.21 bits per heavy atom. The monoisotopic (exact) mass is 350 g/mol. The normalized spacial score (nSPS) is 18.9. The molecule has 2 aromatic rings. The second-order valence-corrected chi connectivity index (χ2v) is 8.07. The van der Waals surface area contributed by atoms with Gasteiger partial charge < -0.3 is 9.88 Å². The van der Waals surface area contributed by atoms with Gasteiger partial charge in [-0.05, 0) is 25.0 Å². The fraction of sp³-hybridized carbons (Fsp3) is 0.500. The summed E-state index contributed by atoms with van der Waals surface area (Å²) in [5.41, 5.74) is 1.95. The molecular formula is C16H22N4O3S. The van der Waals surface area contributed by atoms with Crippen molar-refractivity contribution in [2.45, 2.75) is 25.2 Å². The van der Waals surface area contributed by atoms with Crippen molar-refractivity contribution in [1.82, 2.24) is 19.6 Å². The van der Waals surface area contributed by atoms with E-state index in [1.807, 2.05) is 29.2 Å². The highest BCUT2D eigenvalue weighted by atomic mass is 32.2. The molecule has 1 aromatic carbocycles. The molecule has 24 heavy (non-hydrogen) atoms. The van der Waals surface area contributed by atoms with Crippen LogP contribution >= 0.6 is 0 Å². The van der Waals surface area contributed by atoms with Crippen LogP contribution in [-0.4, -0.2) is 55.1 Å². The number of carbonyl (C=O) groups is 1. The van der Waals surface area contributed by atoms with Crippen molar-refractivity contribution in [3.05, 3.63) is 30.1 Å². The number of aromatic amines is 1. The maximum absolute atomic E-state index is 12.3. The number of imidazole rings is 1. The number of para-hydroxylation sites is 2. The number of aromatic nitrogens is 2. The summed E-state index contributed by atoms with van der Waals surface area (Å²) in [6.45, 7) is 1.48. The molecule has 1 fully saturated rings. The smallest absolute Gasteiger partial charge is 0.223 e. The number of amides is 1. The maximum atomic E-state index is 12.3. The van der Waals surface area contributed by atoms with Crippen molar-refractivity contribution >= 4 is 27.0 Å². The molecule has 1 aliphatic rings. The molecule has 0 aliphatic carbocycles. The Morgan fingerprint density at radius 1 is 1.42 bits per heavy atom. The first-order valence-electron chi connectivity index (χ1n) is 8.09. The van der Waals surface area contributed by atoms with E-state index in [4.69, 9.17) is 0 Å². The molecule has 0 saturated carbocycles. The number of sulfonamides is 1. The van der Waals surface area contributed by atoms with Crippen LogP contribution in [0, 0.1) is 0 Å². The van der Waals surface area contributed by atoms with Gasteiger partial charge in [0, 0.05) is 32.0 Å². The number of rotatable bonds is 5. The third-order valence-electron chi connectivity index (χ3n) is 4.27. The van der Waals surface area contributed by atoms with Crippen molar-refractivity contribution in [2.24, 2.45) is 0 Å². The van der Waals surface area contributed by atoms with Crippen LogP contribution in [0.5, 0.6) is 0 Å². The maximum Gasteiger partial charge on any atom is 0.223 e. The van der Waals surface area contributed by atoms with E-state index in [1.54, 1.807) is 0 Å². The molecule has 1 atom stereocenters. The Hall–Kier alpha value is -1.93. The van der Waals surface area contributed by atoms with Gasteiger partial charge in [0.05, 0.1) is 17.3 Å². The van der Waals surface area contributed by atoms with Gasteiger partial charge in [-0.15, -0.1) is 0 Å². The van der Waals surface area contributed by atoms with E-state index in [0.717, 1.165) is 36.0 Å². The highest BCUT2D eigenvalue weighted by Crippen LogP contribution is 2.26. The molecule has 130 valence electrons. The van der Waals surface area contributed by atoms with Gasteiger partial charge in [0.15, 0.2) is 0 Å². The number of nitrogens with one attached hydrogen (secondary N) is 2. The first-order chi connectivity index (χ1) is 11.4. The first-order valence-corrected chi connectivity index (χ1v) is 9.98. The molecule has 2 N–H and O–H groups in total. The van der Waals surface area contributed by atoms with Gasteiger partial charge in [0.1, 0.15) is 5.82 Å². The average molecular weight is 350 g/mol. The summed E-state index contributed by atoms with van der Waals surface area (Å²) in [6, 6.07) is 7.89. The number of nitrogens with zero attached hydrogens (tertiary/aromatic N) is 2. The van der Waals surface area contributed by atoms with Gasteiger partial charge in [-0.2, -0.15) is 0 Å². The van der Waals surface area contributed by atoms with Crippen LogP contribution in [0.25, 0.3) is 11.0 Å². The fourth-order valence-electron chi connectivity index (χ4n) is 3.09. The predicted molar refractivity (Wildman–Crippen MR) is 92.1 cm³/mol. The molecule has 0 unspecified atom stereocenters. The Kier molecular flexibility index (Phi) is 4.86. The summed E-state index contributed by atoms with van der Waals surface area (Å²) in [7, 11) is -3.25. The molecule has 0 radical (unpaired) electrons. The molecule has 8 heteroatoms. The molecule has 1 aliphatic heterocycles. The van der Waals surface area contributed by atoms with Crippen LogP contribution < -0.4 is 4.72 Å². The fourth-order valence-corrected chi connectivity index (χ4v) is 3.57. The summed E-state index contributed by atoms with van der Waals surface area (Å²) < 4.78 is 24.5. The predicted octanol–water partition coefficient (Wildman–Crippen LogP) is 1.21. The number of fused-ring (bicyclic) bond motifs is 1. The van der Waals surface area contributed by atoms with Crippen LogP contribution in [-0.2, 0) is 14.8 Å². The first kappa shape index (κ1) is 16.9. The summed E-state index contributed by atoms with van der Waals surface area (Å²) >= 11 is 0. The lowest BCUT2D eigenvalue weighted by Crippen LogP contribution is -2.40. The van der Waals surface area contributed by atoms with E-state index in [1.165, 1.54) is 0 Å². The number of benzene rings is 1. The second kappa shape index (κ2) is 6.90. The van der Waals surface area contributed by atoms with Crippen molar-refractivity contribution in [3.8, 4) is 0 Å². The summed E-state index contributed by atoms with van der Waals surface area (Å²) in [6.07, 6.45) is 3.19. The quantitative estimate of drug-likeness (QED) is 0.847. The number of hydrogen-bond acceptors (Lipinski definition) is 4. The lowest BCUT2D eigenvalue weighted by atomic mass is 9.97. The van der Waals surface area contributed by atoms with E-state index < -0.39 is 10.0 Å². The van der Waals surface area contributed by atoms with Gasteiger partial charge in [-0.25, -0.2) is 18.1 Å². The molecule has 7 nitrogen and oxygen atoms in total. The lowest BCUT2D eigenvalue weighted by Gasteiger charge is -2.32. The van der Waals surface area contributed by atoms with Crippen LogP contribution in [0.15, 0.2) is 24.3 Å².